The van der Waals surface area contributed by atoms with Crippen LogP contribution in [0.2, 0.25) is 0 Å². The Labute approximate surface area is 268 Å². The first-order valence-electron chi connectivity index (χ1n) is 14.5. The number of thiophene rings is 1. The first kappa shape index (κ1) is 32.9. The van der Waals surface area contributed by atoms with Gasteiger partial charge in [-0.25, -0.2) is 17.9 Å². The summed E-state index contributed by atoms with van der Waals surface area (Å²) in [6.07, 6.45) is -2.85. The maximum atomic E-state index is 13.7. The summed E-state index contributed by atoms with van der Waals surface area (Å²) in [6, 6.07) is 19.8. The van der Waals surface area contributed by atoms with Gasteiger partial charge in [0.25, 0.3) is 10.0 Å². The fourth-order valence-electron chi connectivity index (χ4n) is 5.05. The predicted molar refractivity (Wildman–Crippen MR) is 171 cm³/mol. The van der Waals surface area contributed by atoms with Gasteiger partial charge in [0, 0.05) is 16.9 Å². The summed E-state index contributed by atoms with van der Waals surface area (Å²) in [5.74, 6) is -0.281. The number of aromatic nitrogens is 3. The number of halogens is 3. The van der Waals surface area contributed by atoms with Crippen molar-refractivity contribution in [2.45, 2.75) is 57.1 Å². The van der Waals surface area contributed by atoms with Crippen molar-refractivity contribution in [3.63, 3.8) is 0 Å². The number of carbonyl (C=O) groups excluding carboxylic acids is 1. The molecule has 5 rings (SSSR count). The largest absolute Gasteiger partial charge is 0.418 e. The lowest BCUT2D eigenvalue weighted by Crippen LogP contribution is -2.32. The lowest BCUT2D eigenvalue weighted by molar-refractivity contribution is -0.137. The minimum Gasteiger partial charge on any atom is -0.274 e. The number of rotatable bonds is 11. The van der Waals surface area contributed by atoms with Crippen molar-refractivity contribution in [1.82, 2.24) is 19.1 Å². The third kappa shape index (κ3) is 7.15. The van der Waals surface area contributed by atoms with E-state index in [1.807, 2.05) is 25.3 Å². The standard InChI is InChI=1S/C33H31F3N4O4S2/c1-3-4-13-30-37-40(27-11-7-6-10-26(27)33(34,35)36)32(42)39(30)21-23-14-16-24(17-15-23)25-9-5-8-12-29(25)46(43,44)38-31(41)20-28-22(2)18-19-45-28/h5-12,14-19H,3-4,13,20-21H2,1-2H3,(H,38,41). The molecule has 1 amide bonds. The fourth-order valence-corrected chi connectivity index (χ4v) is 7.17. The molecule has 1 N–H and O–H groups in total. The van der Waals surface area contributed by atoms with Gasteiger partial charge in [0.2, 0.25) is 5.91 Å². The second-order valence-electron chi connectivity index (χ2n) is 10.7. The summed E-state index contributed by atoms with van der Waals surface area (Å²) in [6.45, 7) is 3.86. The van der Waals surface area contributed by atoms with Gasteiger partial charge in [0.15, 0.2) is 0 Å². The molecular weight excluding hydrogens is 638 g/mol. The Morgan fingerprint density at radius 2 is 1.67 bits per heavy atom. The van der Waals surface area contributed by atoms with Crippen LogP contribution in [0.25, 0.3) is 16.8 Å². The summed E-state index contributed by atoms with van der Waals surface area (Å²) in [4.78, 5) is 26.8. The van der Waals surface area contributed by atoms with E-state index < -0.39 is 33.4 Å². The molecular formula is C33H31F3N4O4S2. The zero-order valence-electron chi connectivity index (χ0n) is 25.0. The van der Waals surface area contributed by atoms with Crippen LogP contribution in [0.3, 0.4) is 0 Å². The predicted octanol–water partition coefficient (Wildman–Crippen LogP) is 6.53. The molecule has 3 aromatic carbocycles. The molecule has 2 heterocycles. The van der Waals surface area contributed by atoms with E-state index in [2.05, 4.69) is 9.82 Å². The smallest absolute Gasteiger partial charge is 0.274 e. The number of amides is 1. The van der Waals surface area contributed by atoms with Crippen molar-refractivity contribution in [2.75, 3.05) is 0 Å². The zero-order chi connectivity index (χ0) is 33.1. The molecule has 0 spiro atoms. The van der Waals surface area contributed by atoms with Crippen molar-refractivity contribution < 1.29 is 26.4 Å². The van der Waals surface area contributed by atoms with Gasteiger partial charge in [-0.15, -0.1) is 16.4 Å². The topological polar surface area (TPSA) is 103 Å². The Kier molecular flexibility index (Phi) is 9.63. The molecule has 46 heavy (non-hydrogen) atoms. The molecule has 240 valence electrons. The molecule has 0 radical (unpaired) electrons. The van der Waals surface area contributed by atoms with E-state index in [0.717, 1.165) is 27.6 Å². The molecule has 0 bridgehead atoms. The molecule has 0 fully saturated rings. The van der Waals surface area contributed by atoms with Crippen molar-refractivity contribution >= 4 is 27.3 Å². The normalized spacial score (nSPS) is 11.9. The van der Waals surface area contributed by atoms with Crippen LogP contribution in [-0.2, 0) is 40.4 Å². The van der Waals surface area contributed by atoms with Gasteiger partial charge < -0.3 is 0 Å². The molecule has 0 aliphatic heterocycles. The van der Waals surface area contributed by atoms with Gasteiger partial charge >= 0.3 is 11.9 Å². The van der Waals surface area contributed by atoms with Crippen molar-refractivity contribution in [2.24, 2.45) is 0 Å². The van der Waals surface area contributed by atoms with Crippen LogP contribution >= 0.6 is 11.3 Å². The zero-order valence-corrected chi connectivity index (χ0v) is 26.7. The summed E-state index contributed by atoms with van der Waals surface area (Å²) in [5.41, 5.74) is 0.501. The number of nitrogens with one attached hydrogen (secondary N) is 1. The van der Waals surface area contributed by atoms with Crippen molar-refractivity contribution in [3.8, 4) is 16.8 Å². The van der Waals surface area contributed by atoms with Crippen LogP contribution in [0.15, 0.2) is 93.9 Å². The monoisotopic (exact) mass is 668 g/mol. The molecule has 0 saturated heterocycles. The van der Waals surface area contributed by atoms with E-state index in [1.165, 1.54) is 40.2 Å². The van der Waals surface area contributed by atoms with Crippen LogP contribution in [0.5, 0.6) is 0 Å². The maximum absolute atomic E-state index is 13.7. The number of benzene rings is 3. The number of hydrogen-bond acceptors (Lipinski definition) is 6. The van der Waals surface area contributed by atoms with Crippen molar-refractivity contribution in [3.05, 3.63) is 122 Å². The highest BCUT2D eigenvalue weighted by Gasteiger charge is 2.35. The van der Waals surface area contributed by atoms with Gasteiger partial charge in [-0.2, -0.15) is 17.9 Å². The summed E-state index contributed by atoms with van der Waals surface area (Å²) >= 11 is 1.38. The van der Waals surface area contributed by atoms with Crippen molar-refractivity contribution in [1.29, 1.82) is 0 Å². The summed E-state index contributed by atoms with van der Waals surface area (Å²) in [7, 11) is -4.20. The molecule has 0 unspecified atom stereocenters. The molecule has 8 nitrogen and oxygen atoms in total. The minimum absolute atomic E-state index is 0.0461. The molecule has 2 aromatic heterocycles. The Bertz CT molecular complexity index is 2030. The number of unbranched alkanes of at least 4 members (excludes halogenated alkanes) is 1. The molecule has 0 aliphatic rings. The molecule has 0 atom stereocenters. The van der Waals surface area contributed by atoms with Crippen LogP contribution in [0.1, 0.15) is 47.2 Å². The molecule has 0 saturated carbocycles. The molecule has 13 heteroatoms. The van der Waals surface area contributed by atoms with E-state index in [1.54, 1.807) is 42.5 Å². The second-order valence-corrected chi connectivity index (χ2v) is 13.4. The highest BCUT2D eigenvalue weighted by atomic mass is 32.2. The van der Waals surface area contributed by atoms with Crippen LogP contribution < -0.4 is 10.4 Å². The SMILES string of the molecule is CCCCc1nn(-c2ccccc2C(F)(F)F)c(=O)n1Cc1ccc(-c2ccccc2S(=O)(=O)NC(=O)Cc2sccc2C)cc1. The third-order valence-corrected chi connectivity index (χ3v) is 9.90. The average molecular weight is 669 g/mol. The quantitative estimate of drug-likeness (QED) is 0.173. The van der Waals surface area contributed by atoms with Crippen LogP contribution in [0, 0.1) is 6.92 Å². The number of aryl methyl sites for hydroxylation is 2. The number of hydrogen-bond donors (Lipinski definition) is 1. The van der Waals surface area contributed by atoms with Gasteiger partial charge in [0.1, 0.15) is 5.82 Å². The molecule has 5 aromatic rings. The summed E-state index contributed by atoms with van der Waals surface area (Å²) in [5, 5.41) is 6.15. The van der Waals surface area contributed by atoms with Gasteiger partial charge in [-0.3, -0.25) is 9.36 Å². The van der Waals surface area contributed by atoms with E-state index >= 15 is 0 Å². The maximum Gasteiger partial charge on any atom is 0.418 e. The fraction of sp³-hybridized carbons (Fsp3) is 0.242. The Morgan fingerprint density at radius 1 is 0.978 bits per heavy atom. The minimum atomic E-state index is -4.67. The number of para-hydroxylation sites is 1. The van der Waals surface area contributed by atoms with E-state index in [0.29, 0.717) is 35.4 Å². The number of nitrogens with zero attached hydrogens (tertiary/aromatic N) is 3. The highest BCUT2D eigenvalue weighted by Crippen LogP contribution is 2.33. The van der Waals surface area contributed by atoms with E-state index in [-0.39, 0.29) is 23.5 Å². The Morgan fingerprint density at radius 3 is 2.35 bits per heavy atom. The lowest BCUT2D eigenvalue weighted by atomic mass is 10.0. The van der Waals surface area contributed by atoms with Gasteiger partial charge in [-0.05, 0) is 59.7 Å². The van der Waals surface area contributed by atoms with Gasteiger partial charge in [-0.1, -0.05) is 67.9 Å². The summed E-state index contributed by atoms with van der Waals surface area (Å²) < 4.78 is 72.1. The van der Waals surface area contributed by atoms with Crippen LogP contribution in [0.4, 0.5) is 13.2 Å². The second kappa shape index (κ2) is 13.5. The highest BCUT2D eigenvalue weighted by molar-refractivity contribution is 7.90. The molecule has 0 aliphatic carbocycles. The number of sulfonamides is 1. The third-order valence-electron chi connectivity index (χ3n) is 7.45. The Balaban J connectivity index is 1.43. The van der Waals surface area contributed by atoms with Gasteiger partial charge in [0.05, 0.1) is 29.1 Å². The van der Waals surface area contributed by atoms with E-state index in [4.69, 9.17) is 0 Å². The number of alkyl halides is 3. The average Bonchev–Trinajstić information content (AvgIpc) is 3.56. The van der Waals surface area contributed by atoms with Crippen LogP contribution in [-0.4, -0.2) is 28.7 Å². The Hall–Kier alpha value is -4.49. The first-order chi connectivity index (χ1) is 21.9. The first-order valence-corrected chi connectivity index (χ1v) is 16.9. The van der Waals surface area contributed by atoms with E-state index in [9.17, 15) is 31.2 Å². The number of carbonyl (C=O) groups is 1. The lowest BCUT2D eigenvalue weighted by Gasteiger charge is -2.13.